The first-order valence-electron chi connectivity index (χ1n) is 11.3. The summed E-state index contributed by atoms with van der Waals surface area (Å²) in [5, 5.41) is 22.8. The number of fused-ring (bicyclic) bond motifs is 1. The van der Waals surface area contributed by atoms with Crippen LogP contribution in [0.2, 0.25) is 0 Å². The second-order valence-electron chi connectivity index (χ2n) is 8.63. The summed E-state index contributed by atoms with van der Waals surface area (Å²) in [6.07, 6.45) is 3.20. The molecule has 0 saturated carbocycles. The van der Waals surface area contributed by atoms with E-state index in [9.17, 15) is 24.6 Å². The SMILES string of the molecule is N[C@@H](Cc1c[nH]c2ccccc12)C(=O)N[C@@H](Cc1ccc(O)cc1)C(=O)N1CCC[C@@H]1C(=O)O. The molecule has 0 bridgehead atoms. The summed E-state index contributed by atoms with van der Waals surface area (Å²) in [5.74, 6) is -1.92. The lowest BCUT2D eigenvalue weighted by Crippen LogP contribution is -2.55. The normalized spacial score (nSPS) is 17.4. The number of nitrogens with zero attached hydrogens (tertiary/aromatic N) is 1. The molecule has 0 unspecified atom stereocenters. The Labute approximate surface area is 196 Å². The lowest BCUT2D eigenvalue weighted by Gasteiger charge is -2.28. The van der Waals surface area contributed by atoms with Crippen LogP contribution in [0, 0.1) is 0 Å². The van der Waals surface area contributed by atoms with Crippen LogP contribution >= 0.6 is 0 Å². The van der Waals surface area contributed by atoms with Crippen LogP contribution in [0.25, 0.3) is 10.9 Å². The summed E-state index contributed by atoms with van der Waals surface area (Å²) in [4.78, 5) is 42.4. The molecular weight excluding hydrogens is 436 g/mol. The third-order valence-corrected chi connectivity index (χ3v) is 6.26. The van der Waals surface area contributed by atoms with Crippen molar-refractivity contribution >= 4 is 28.7 Å². The van der Waals surface area contributed by atoms with Crippen molar-refractivity contribution in [2.45, 2.75) is 43.8 Å². The van der Waals surface area contributed by atoms with Gasteiger partial charge >= 0.3 is 5.97 Å². The van der Waals surface area contributed by atoms with E-state index in [0.29, 0.717) is 24.9 Å². The number of H-pyrrole nitrogens is 1. The smallest absolute Gasteiger partial charge is 0.326 e. The summed E-state index contributed by atoms with van der Waals surface area (Å²) in [7, 11) is 0. The number of hydrogen-bond donors (Lipinski definition) is 5. The monoisotopic (exact) mass is 464 g/mol. The zero-order valence-electron chi connectivity index (χ0n) is 18.6. The predicted molar refractivity (Wildman–Crippen MR) is 126 cm³/mol. The molecule has 1 aromatic heterocycles. The van der Waals surface area contributed by atoms with Crippen molar-refractivity contribution in [3.05, 3.63) is 65.9 Å². The molecule has 9 heteroatoms. The highest BCUT2D eigenvalue weighted by Crippen LogP contribution is 2.21. The molecule has 178 valence electrons. The number of nitrogens with one attached hydrogen (secondary N) is 2. The van der Waals surface area contributed by atoms with E-state index in [1.165, 1.54) is 17.0 Å². The van der Waals surface area contributed by atoms with Crippen LogP contribution < -0.4 is 11.1 Å². The molecule has 2 aromatic carbocycles. The van der Waals surface area contributed by atoms with Gasteiger partial charge in [-0.2, -0.15) is 0 Å². The zero-order chi connectivity index (χ0) is 24.2. The number of rotatable bonds is 8. The highest BCUT2D eigenvalue weighted by molar-refractivity contribution is 5.93. The topological polar surface area (TPSA) is 149 Å². The van der Waals surface area contributed by atoms with Crippen molar-refractivity contribution in [2.24, 2.45) is 5.73 Å². The number of phenols is 1. The summed E-state index contributed by atoms with van der Waals surface area (Å²) < 4.78 is 0. The molecule has 4 rings (SSSR count). The third-order valence-electron chi connectivity index (χ3n) is 6.26. The Bertz CT molecular complexity index is 1190. The quantitative estimate of drug-likeness (QED) is 0.341. The van der Waals surface area contributed by atoms with Gasteiger partial charge in [0.15, 0.2) is 0 Å². The van der Waals surface area contributed by atoms with Gasteiger partial charge in [0, 0.05) is 30.1 Å². The van der Waals surface area contributed by atoms with E-state index in [4.69, 9.17) is 5.73 Å². The fraction of sp³-hybridized carbons (Fsp3) is 0.320. The van der Waals surface area contributed by atoms with Crippen LogP contribution in [0.5, 0.6) is 5.75 Å². The number of phenolic OH excluding ortho intramolecular Hbond substituents is 1. The fourth-order valence-corrected chi connectivity index (χ4v) is 4.46. The van der Waals surface area contributed by atoms with Gasteiger partial charge in [-0.3, -0.25) is 9.59 Å². The van der Waals surface area contributed by atoms with Crippen molar-refractivity contribution < 1.29 is 24.6 Å². The Morgan fingerprint density at radius 3 is 2.59 bits per heavy atom. The Hall–Kier alpha value is -3.85. The maximum atomic E-state index is 13.3. The molecule has 6 N–H and O–H groups in total. The van der Waals surface area contributed by atoms with Crippen LogP contribution in [0.3, 0.4) is 0 Å². The molecule has 0 spiro atoms. The molecule has 2 heterocycles. The fourth-order valence-electron chi connectivity index (χ4n) is 4.46. The number of likely N-dealkylation sites (tertiary alicyclic amines) is 1. The molecule has 3 atom stereocenters. The summed E-state index contributed by atoms with van der Waals surface area (Å²) in [6.45, 7) is 0.319. The van der Waals surface area contributed by atoms with Crippen LogP contribution in [0.15, 0.2) is 54.7 Å². The van der Waals surface area contributed by atoms with Crippen molar-refractivity contribution in [2.75, 3.05) is 6.54 Å². The Morgan fingerprint density at radius 1 is 1.12 bits per heavy atom. The molecule has 1 aliphatic rings. The number of para-hydroxylation sites is 1. The second kappa shape index (κ2) is 9.96. The van der Waals surface area contributed by atoms with Crippen LogP contribution in [-0.4, -0.2) is 62.6 Å². The number of aliphatic carboxylic acids is 1. The molecule has 0 radical (unpaired) electrons. The number of carbonyl (C=O) groups is 3. The summed E-state index contributed by atoms with van der Waals surface area (Å²) in [6, 6.07) is 11.2. The summed E-state index contributed by atoms with van der Waals surface area (Å²) >= 11 is 0. The van der Waals surface area contributed by atoms with Gasteiger partial charge in [0.25, 0.3) is 0 Å². The molecule has 0 aliphatic carbocycles. The van der Waals surface area contributed by atoms with E-state index in [1.807, 2.05) is 30.5 Å². The van der Waals surface area contributed by atoms with Crippen molar-refractivity contribution in [1.29, 1.82) is 0 Å². The Balaban J connectivity index is 1.51. The molecule has 1 saturated heterocycles. The Morgan fingerprint density at radius 2 is 1.85 bits per heavy atom. The first-order valence-corrected chi connectivity index (χ1v) is 11.3. The number of carboxylic acid groups (broad SMARTS) is 1. The van der Waals surface area contributed by atoms with Crippen LogP contribution in [0.1, 0.15) is 24.0 Å². The first-order chi connectivity index (χ1) is 16.3. The van der Waals surface area contributed by atoms with Gasteiger partial charge in [0.2, 0.25) is 11.8 Å². The van der Waals surface area contributed by atoms with Gasteiger partial charge in [0.05, 0.1) is 6.04 Å². The van der Waals surface area contributed by atoms with Crippen molar-refractivity contribution in [1.82, 2.24) is 15.2 Å². The van der Waals surface area contributed by atoms with Gasteiger partial charge in [-0.05, 0) is 48.6 Å². The lowest BCUT2D eigenvalue weighted by atomic mass is 10.0. The summed E-state index contributed by atoms with van der Waals surface area (Å²) in [5.41, 5.74) is 8.77. The molecule has 34 heavy (non-hydrogen) atoms. The van der Waals surface area contributed by atoms with Crippen molar-refractivity contribution in [3.63, 3.8) is 0 Å². The molecule has 3 aromatic rings. The molecule has 1 aliphatic heterocycles. The number of benzene rings is 2. The number of hydrogen-bond acceptors (Lipinski definition) is 5. The minimum atomic E-state index is -1.06. The van der Waals surface area contributed by atoms with E-state index in [2.05, 4.69) is 10.3 Å². The molecular formula is C25H28N4O5. The minimum absolute atomic E-state index is 0.0851. The van der Waals surface area contributed by atoms with Crippen LogP contribution in [-0.2, 0) is 27.2 Å². The highest BCUT2D eigenvalue weighted by Gasteiger charge is 2.38. The standard InChI is InChI=1S/C25H28N4O5/c26-19(13-16-14-27-20-5-2-1-4-18(16)20)23(31)28-21(12-15-7-9-17(30)10-8-15)24(32)29-11-3-6-22(29)25(33)34/h1-2,4-5,7-10,14,19,21-22,27,30H,3,6,11-13,26H2,(H,28,31)(H,33,34)/t19-,21-,22+/m0/s1. The van der Waals surface area contributed by atoms with E-state index in [0.717, 1.165) is 16.5 Å². The number of aromatic nitrogens is 1. The number of aromatic hydroxyl groups is 1. The molecule has 9 nitrogen and oxygen atoms in total. The van der Waals surface area contributed by atoms with E-state index >= 15 is 0 Å². The average molecular weight is 465 g/mol. The Kier molecular flexibility index (Phi) is 6.83. The van der Waals surface area contributed by atoms with Gasteiger partial charge < -0.3 is 31.1 Å². The maximum absolute atomic E-state index is 13.3. The van der Waals surface area contributed by atoms with Gasteiger partial charge in [-0.1, -0.05) is 30.3 Å². The predicted octanol–water partition coefficient (Wildman–Crippen LogP) is 1.55. The number of carboxylic acids is 1. The maximum Gasteiger partial charge on any atom is 0.326 e. The van der Waals surface area contributed by atoms with Gasteiger partial charge in [-0.15, -0.1) is 0 Å². The second-order valence-corrected chi connectivity index (χ2v) is 8.63. The van der Waals surface area contributed by atoms with E-state index < -0.39 is 35.9 Å². The molecule has 1 fully saturated rings. The number of nitrogens with two attached hydrogens (primary N) is 1. The highest BCUT2D eigenvalue weighted by atomic mass is 16.4. The van der Waals surface area contributed by atoms with E-state index in [-0.39, 0.29) is 18.6 Å². The zero-order valence-corrected chi connectivity index (χ0v) is 18.6. The largest absolute Gasteiger partial charge is 0.508 e. The van der Waals surface area contributed by atoms with Crippen LogP contribution in [0.4, 0.5) is 0 Å². The number of carbonyl (C=O) groups excluding carboxylic acids is 2. The van der Waals surface area contributed by atoms with Crippen molar-refractivity contribution in [3.8, 4) is 5.75 Å². The minimum Gasteiger partial charge on any atom is -0.508 e. The molecule has 2 amide bonds. The number of amides is 2. The average Bonchev–Trinajstić information content (AvgIpc) is 3.47. The lowest BCUT2D eigenvalue weighted by molar-refractivity contribution is -0.149. The van der Waals surface area contributed by atoms with Gasteiger partial charge in [0.1, 0.15) is 17.8 Å². The van der Waals surface area contributed by atoms with Gasteiger partial charge in [-0.25, -0.2) is 4.79 Å². The first kappa shape index (κ1) is 23.3. The number of aromatic amines is 1. The van der Waals surface area contributed by atoms with E-state index in [1.54, 1.807) is 12.1 Å². The third kappa shape index (κ3) is 5.04.